The molecule has 8 nitrogen and oxygen atoms in total. The zero-order valence-electron chi connectivity index (χ0n) is 11.3. The van der Waals surface area contributed by atoms with Gasteiger partial charge in [-0.25, -0.2) is 0 Å². The van der Waals surface area contributed by atoms with Crippen LogP contribution in [-0.4, -0.2) is 36.0 Å². The minimum atomic E-state index is -1.03. The van der Waals surface area contributed by atoms with E-state index in [0.717, 1.165) is 0 Å². The fourth-order valence-corrected chi connectivity index (χ4v) is 2.17. The van der Waals surface area contributed by atoms with Crippen molar-refractivity contribution in [2.45, 2.75) is 58.2 Å². The number of hydrogen-bond acceptors (Lipinski definition) is 6. The molecule has 0 bridgehead atoms. The van der Waals surface area contributed by atoms with Gasteiger partial charge in [-0.3, -0.25) is 9.59 Å². The SMILES string of the molecule is CC(=O)O[C@H]1C[C@](C)(N=[N+]=[N-])[C@@H](OC(C)=O)[C@H](C)O1. The highest BCUT2D eigenvalue weighted by Crippen LogP contribution is 2.35. The van der Waals surface area contributed by atoms with Crippen LogP contribution in [0.5, 0.6) is 0 Å². The van der Waals surface area contributed by atoms with Gasteiger partial charge in [-0.2, -0.15) is 0 Å². The number of hydrogen-bond donors (Lipinski definition) is 0. The lowest BCUT2D eigenvalue weighted by Crippen LogP contribution is -2.56. The number of rotatable bonds is 3. The Morgan fingerprint density at radius 3 is 2.42 bits per heavy atom. The fraction of sp³-hybridized carbons (Fsp3) is 0.818. The Morgan fingerprint density at radius 1 is 1.37 bits per heavy atom. The molecule has 19 heavy (non-hydrogen) atoms. The number of carbonyl (C=O) groups excluding carboxylic acids is 2. The maximum absolute atomic E-state index is 11.1. The van der Waals surface area contributed by atoms with Crippen molar-refractivity contribution in [1.29, 1.82) is 0 Å². The zero-order chi connectivity index (χ0) is 14.6. The van der Waals surface area contributed by atoms with Gasteiger partial charge in [-0.05, 0) is 12.5 Å². The molecule has 0 aromatic rings. The lowest BCUT2D eigenvalue weighted by Gasteiger charge is -2.43. The number of azide groups is 1. The van der Waals surface area contributed by atoms with Gasteiger partial charge in [0.25, 0.3) is 0 Å². The van der Waals surface area contributed by atoms with E-state index in [1.807, 2.05) is 0 Å². The molecular weight excluding hydrogens is 254 g/mol. The first-order valence-corrected chi connectivity index (χ1v) is 5.84. The lowest BCUT2D eigenvalue weighted by atomic mass is 9.86. The highest BCUT2D eigenvalue weighted by molar-refractivity contribution is 5.66. The van der Waals surface area contributed by atoms with Crippen molar-refractivity contribution in [3.05, 3.63) is 10.4 Å². The average Bonchev–Trinajstić information content (AvgIpc) is 2.22. The number of nitrogens with zero attached hydrogens (tertiary/aromatic N) is 3. The van der Waals surface area contributed by atoms with Crippen LogP contribution < -0.4 is 0 Å². The van der Waals surface area contributed by atoms with E-state index in [0.29, 0.717) is 0 Å². The smallest absolute Gasteiger partial charge is 0.304 e. The van der Waals surface area contributed by atoms with Gasteiger partial charge in [-0.1, -0.05) is 12.0 Å². The van der Waals surface area contributed by atoms with Gasteiger partial charge in [0.15, 0.2) is 0 Å². The molecule has 1 saturated heterocycles. The average molecular weight is 271 g/mol. The highest BCUT2D eigenvalue weighted by atomic mass is 16.7. The first kappa shape index (κ1) is 15.3. The third-order valence-electron chi connectivity index (χ3n) is 2.85. The molecule has 0 radical (unpaired) electrons. The van der Waals surface area contributed by atoms with E-state index in [9.17, 15) is 9.59 Å². The largest absolute Gasteiger partial charge is 0.459 e. The van der Waals surface area contributed by atoms with Crippen LogP contribution in [0.15, 0.2) is 5.11 Å². The number of ether oxygens (including phenoxy) is 3. The summed E-state index contributed by atoms with van der Waals surface area (Å²) in [6.07, 6.45) is -1.99. The van der Waals surface area contributed by atoms with E-state index >= 15 is 0 Å². The van der Waals surface area contributed by atoms with Crippen LogP contribution in [0.1, 0.15) is 34.1 Å². The topological polar surface area (TPSA) is 111 Å². The normalized spacial score (nSPS) is 34.0. The Hall–Kier alpha value is -1.79. The summed E-state index contributed by atoms with van der Waals surface area (Å²) in [4.78, 5) is 24.8. The van der Waals surface area contributed by atoms with Gasteiger partial charge in [0.05, 0.1) is 11.6 Å². The Kier molecular flexibility index (Phi) is 4.74. The third kappa shape index (κ3) is 3.84. The highest BCUT2D eigenvalue weighted by Gasteiger charge is 2.48. The maximum Gasteiger partial charge on any atom is 0.304 e. The summed E-state index contributed by atoms with van der Waals surface area (Å²) in [6, 6.07) is 0. The Balaban J connectivity index is 2.97. The molecule has 0 saturated carbocycles. The summed E-state index contributed by atoms with van der Waals surface area (Å²) >= 11 is 0. The van der Waals surface area contributed by atoms with Crippen LogP contribution in [-0.2, 0) is 23.8 Å². The number of carbonyl (C=O) groups is 2. The molecule has 0 aromatic carbocycles. The standard InChI is InChI=1S/C11H17N3O5/c1-6-10(19-8(3)16)11(4,13-14-12)5-9(17-6)18-7(2)15/h6,9-10H,5H2,1-4H3/t6-,9-,10-,11-/m0/s1. The molecule has 1 aliphatic rings. The van der Waals surface area contributed by atoms with Crippen molar-refractivity contribution in [2.24, 2.45) is 5.11 Å². The minimum absolute atomic E-state index is 0.124. The first-order chi connectivity index (χ1) is 8.78. The lowest BCUT2D eigenvalue weighted by molar-refractivity contribution is -0.238. The molecule has 8 heteroatoms. The van der Waals surface area contributed by atoms with Crippen LogP contribution in [0.25, 0.3) is 10.4 Å². The molecule has 0 aliphatic carbocycles. The molecule has 0 aromatic heterocycles. The molecule has 1 aliphatic heterocycles. The molecular formula is C11H17N3O5. The van der Waals surface area contributed by atoms with E-state index in [-0.39, 0.29) is 6.42 Å². The first-order valence-electron chi connectivity index (χ1n) is 5.84. The molecule has 4 atom stereocenters. The molecule has 0 amide bonds. The molecule has 1 rings (SSSR count). The number of esters is 2. The predicted octanol–water partition coefficient (Wildman–Crippen LogP) is 1.69. The summed E-state index contributed by atoms with van der Waals surface area (Å²) < 4.78 is 15.6. The van der Waals surface area contributed by atoms with Crippen LogP contribution in [0.2, 0.25) is 0 Å². The van der Waals surface area contributed by atoms with Crippen LogP contribution in [0.3, 0.4) is 0 Å². The van der Waals surface area contributed by atoms with Gasteiger partial charge in [-0.15, -0.1) is 0 Å². The van der Waals surface area contributed by atoms with Gasteiger partial charge in [0, 0.05) is 25.2 Å². The van der Waals surface area contributed by atoms with Crippen molar-refractivity contribution in [3.63, 3.8) is 0 Å². The summed E-state index contributed by atoms with van der Waals surface area (Å²) in [5.41, 5.74) is 7.63. The fourth-order valence-electron chi connectivity index (χ4n) is 2.17. The summed E-state index contributed by atoms with van der Waals surface area (Å²) in [7, 11) is 0. The third-order valence-corrected chi connectivity index (χ3v) is 2.85. The Morgan fingerprint density at radius 2 is 1.95 bits per heavy atom. The van der Waals surface area contributed by atoms with E-state index in [1.54, 1.807) is 13.8 Å². The molecule has 1 fully saturated rings. The second-order valence-electron chi connectivity index (χ2n) is 4.66. The van der Waals surface area contributed by atoms with Crippen molar-refractivity contribution >= 4 is 11.9 Å². The Labute approximate surface area is 110 Å². The maximum atomic E-state index is 11.1. The van der Waals surface area contributed by atoms with Crippen LogP contribution in [0.4, 0.5) is 0 Å². The van der Waals surface area contributed by atoms with Gasteiger partial charge < -0.3 is 14.2 Å². The van der Waals surface area contributed by atoms with Crippen molar-refractivity contribution < 1.29 is 23.8 Å². The van der Waals surface area contributed by atoms with Gasteiger partial charge in [0.2, 0.25) is 6.29 Å². The van der Waals surface area contributed by atoms with Crippen LogP contribution >= 0.6 is 0 Å². The zero-order valence-corrected chi connectivity index (χ0v) is 11.3. The minimum Gasteiger partial charge on any atom is -0.459 e. The van der Waals surface area contributed by atoms with E-state index in [1.165, 1.54) is 13.8 Å². The monoisotopic (exact) mass is 271 g/mol. The molecule has 1 heterocycles. The van der Waals surface area contributed by atoms with E-state index in [4.69, 9.17) is 19.7 Å². The van der Waals surface area contributed by atoms with Gasteiger partial charge >= 0.3 is 11.9 Å². The second kappa shape index (κ2) is 5.90. The van der Waals surface area contributed by atoms with E-state index < -0.39 is 36.0 Å². The van der Waals surface area contributed by atoms with E-state index in [2.05, 4.69) is 10.0 Å². The second-order valence-corrected chi connectivity index (χ2v) is 4.66. The molecule has 0 N–H and O–H groups in total. The van der Waals surface area contributed by atoms with Crippen molar-refractivity contribution in [3.8, 4) is 0 Å². The quantitative estimate of drug-likeness (QED) is 0.335. The molecule has 106 valence electrons. The summed E-state index contributed by atoms with van der Waals surface area (Å²) in [5, 5.41) is 3.69. The molecule has 0 unspecified atom stereocenters. The van der Waals surface area contributed by atoms with Crippen LogP contribution in [0, 0.1) is 0 Å². The summed E-state index contributed by atoms with van der Waals surface area (Å²) in [5.74, 6) is -0.989. The molecule has 0 spiro atoms. The van der Waals surface area contributed by atoms with Crippen molar-refractivity contribution in [2.75, 3.05) is 0 Å². The Bertz CT molecular complexity index is 421. The summed E-state index contributed by atoms with van der Waals surface area (Å²) in [6.45, 7) is 5.82. The van der Waals surface area contributed by atoms with Gasteiger partial charge in [0.1, 0.15) is 6.10 Å². The predicted molar refractivity (Wildman–Crippen MR) is 63.8 cm³/mol. The van der Waals surface area contributed by atoms with Crippen molar-refractivity contribution in [1.82, 2.24) is 0 Å².